The highest BCUT2D eigenvalue weighted by Crippen LogP contribution is 2.27. The van der Waals surface area contributed by atoms with Gasteiger partial charge in [0.1, 0.15) is 17.7 Å². The molecule has 0 heterocycles. The summed E-state index contributed by atoms with van der Waals surface area (Å²) in [6.45, 7) is 10.0. The Bertz CT molecular complexity index is 1030. The number of rotatable bonds is 18. The maximum absolute atomic E-state index is 14.2. The zero-order chi connectivity index (χ0) is 30.8. The molecule has 1 aromatic rings. The lowest BCUT2D eigenvalue weighted by molar-refractivity contribution is -0.142. The molecule has 1 rings (SSSR count). The number of nitrogens with two attached hydrogens (primary N) is 1. The molecule has 0 fully saturated rings. The molecule has 9 nitrogen and oxygen atoms in total. The van der Waals surface area contributed by atoms with Gasteiger partial charge in [-0.15, -0.1) is 6.42 Å². The molecule has 4 N–H and O–H groups in total. The average Bonchev–Trinajstić information content (AvgIpc) is 2.91. The monoisotopic (exact) mass is 570 g/mol. The molecule has 0 saturated heterocycles. The molecule has 0 aliphatic carbocycles. The summed E-state index contributed by atoms with van der Waals surface area (Å²) in [5.41, 5.74) is 5.62. The van der Waals surface area contributed by atoms with Crippen LogP contribution in [0.15, 0.2) is 24.3 Å². The standard InChI is InChI=1S/C32H50N4O5/c1-7-10-12-13-14-17-23-36(30(39)26(20-21-27(33)37)35-31(40)41-32(4,5)6)28(29(38)34-22-11-8-2)25-19-16-15-18-24(25)9-3/h3,15-16,18-19,26,28H,7-8,10-14,17,20-23H2,1-2,4-6H3,(H2,33,37)(H,34,38)(H,35,40). The first-order valence-electron chi connectivity index (χ1n) is 14.9. The van der Waals surface area contributed by atoms with E-state index in [4.69, 9.17) is 16.9 Å². The van der Waals surface area contributed by atoms with Crippen molar-refractivity contribution < 1.29 is 23.9 Å². The second-order valence-corrected chi connectivity index (χ2v) is 11.3. The van der Waals surface area contributed by atoms with E-state index < -0.39 is 35.6 Å². The van der Waals surface area contributed by atoms with Crippen LogP contribution in [-0.2, 0) is 19.1 Å². The van der Waals surface area contributed by atoms with E-state index in [1.165, 1.54) is 4.90 Å². The smallest absolute Gasteiger partial charge is 0.408 e. The highest BCUT2D eigenvalue weighted by Gasteiger charge is 2.37. The second kappa shape index (κ2) is 18.7. The van der Waals surface area contributed by atoms with E-state index in [9.17, 15) is 19.2 Å². The molecule has 41 heavy (non-hydrogen) atoms. The van der Waals surface area contributed by atoms with E-state index in [0.29, 0.717) is 24.1 Å². The molecule has 0 aliphatic heterocycles. The minimum Gasteiger partial charge on any atom is -0.444 e. The Kier molecular flexibility index (Phi) is 16.2. The van der Waals surface area contributed by atoms with Gasteiger partial charge in [-0.3, -0.25) is 14.4 Å². The molecule has 9 heteroatoms. The molecule has 4 amide bonds. The number of primary amides is 1. The van der Waals surface area contributed by atoms with Crippen molar-refractivity contribution >= 4 is 23.8 Å². The van der Waals surface area contributed by atoms with Crippen LogP contribution in [0.2, 0.25) is 0 Å². The summed E-state index contributed by atoms with van der Waals surface area (Å²) >= 11 is 0. The summed E-state index contributed by atoms with van der Waals surface area (Å²) in [4.78, 5) is 53.9. The van der Waals surface area contributed by atoms with Crippen LogP contribution >= 0.6 is 0 Å². The highest BCUT2D eigenvalue weighted by molar-refractivity contribution is 5.92. The van der Waals surface area contributed by atoms with Crippen LogP contribution in [0.5, 0.6) is 0 Å². The van der Waals surface area contributed by atoms with E-state index in [1.54, 1.807) is 45.0 Å². The van der Waals surface area contributed by atoms with Gasteiger partial charge >= 0.3 is 6.09 Å². The number of unbranched alkanes of at least 4 members (excludes halogenated alkanes) is 6. The third-order valence-corrected chi connectivity index (χ3v) is 6.50. The Balaban J connectivity index is 3.52. The van der Waals surface area contributed by atoms with E-state index in [-0.39, 0.29) is 25.3 Å². The van der Waals surface area contributed by atoms with Crippen molar-refractivity contribution in [2.75, 3.05) is 13.1 Å². The van der Waals surface area contributed by atoms with Crippen LogP contribution in [0.3, 0.4) is 0 Å². The SMILES string of the molecule is C#Cc1ccccc1C(C(=O)NCCCC)N(CCCCCCCC)C(=O)C(CCC(N)=O)NC(=O)OC(C)(C)C. The van der Waals surface area contributed by atoms with E-state index in [2.05, 4.69) is 23.5 Å². The fourth-order valence-corrected chi connectivity index (χ4v) is 4.43. The highest BCUT2D eigenvalue weighted by atomic mass is 16.6. The van der Waals surface area contributed by atoms with Crippen molar-refractivity contribution in [2.45, 2.75) is 117 Å². The van der Waals surface area contributed by atoms with Gasteiger partial charge < -0.3 is 26.0 Å². The normalized spacial score (nSPS) is 12.5. The maximum Gasteiger partial charge on any atom is 0.408 e. The van der Waals surface area contributed by atoms with Crippen LogP contribution in [-0.4, -0.2) is 53.4 Å². The maximum atomic E-state index is 14.2. The van der Waals surface area contributed by atoms with Crippen molar-refractivity contribution in [3.63, 3.8) is 0 Å². The van der Waals surface area contributed by atoms with Crippen molar-refractivity contribution in [3.8, 4) is 12.3 Å². The second-order valence-electron chi connectivity index (χ2n) is 11.3. The van der Waals surface area contributed by atoms with Crippen LogP contribution in [0.25, 0.3) is 0 Å². The van der Waals surface area contributed by atoms with Crippen LogP contribution in [0.4, 0.5) is 4.79 Å². The first-order valence-corrected chi connectivity index (χ1v) is 14.9. The molecule has 0 bridgehead atoms. The lowest BCUT2D eigenvalue weighted by Gasteiger charge is -2.35. The van der Waals surface area contributed by atoms with Crippen molar-refractivity contribution in [1.82, 2.24) is 15.5 Å². The minimum atomic E-state index is -1.14. The summed E-state index contributed by atoms with van der Waals surface area (Å²) in [6.07, 6.45) is 12.4. The number of carbonyl (C=O) groups excluding carboxylic acids is 4. The summed E-state index contributed by atoms with van der Waals surface area (Å²) in [5.74, 6) is 1.17. The molecule has 2 unspecified atom stereocenters. The lowest BCUT2D eigenvalue weighted by atomic mass is 9.96. The average molecular weight is 571 g/mol. The van der Waals surface area contributed by atoms with Crippen LogP contribution < -0.4 is 16.4 Å². The number of nitrogens with zero attached hydrogens (tertiary/aromatic N) is 1. The van der Waals surface area contributed by atoms with Gasteiger partial charge in [-0.05, 0) is 51.7 Å². The predicted octanol–water partition coefficient (Wildman–Crippen LogP) is 4.97. The zero-order valence-corrected chi connectivity index (χ0v) is 25.6. The van der Waals surface area contributed by atoms with E-state index >= 15 is 0 Å². The summed E-state index contributed by atoms with van der Waals surface area (Å²) in [5, 5.41) is 5.58. The number of hydrogen-bond acceptors (Lipinski definition) is 5. The summed E-state index contributed by atoms with van der Waals surface area (Å²) in [6, 6.07) is 4.88. The van der Waals surface area contributed by atoms with Gasteiger partial charge in [0.05, 0.1) is 0 Å². The number of carbonyl (C=O) groups is 4. The van der Waals surface area contributed by atoms with Crippen LogP contribution in [0, 0.1) is 12.3 Å². The largest absolute Gasteiger partial charge is 0.444 e. The Morgan fingerprint density at radius 3 is 2.24 bits per heavy atom. The van der Waals surface area contributed by atoms with Gasteiger partial charge in [0.25, 0.3) is 0 Å². The molecule has 228 valence electrons. The molecule has 1 aromatic carbocycles. The summed E-state index contributed by atoms with van der Waals surface area (Å²) < 4.78 is 5.39. The van der Waals surface area contributed by atoms with Gasteiger partial charge in [0, 0.05) is 25.1 Å². The fourth-order valence-electron chi connectivity index (χ4n) is 4.43. The molecule has 0 aliphatic rings. The van der Waals surface area contributed by atoms with Crippen molar-refractivity contribution in [1.29, 1.82) is 0 Å². The van der Waals surface area contributed by atoms with Gasteiger partial charge in [0.15, 0.2) is 0 Å². The third kappa shape index (κ3) is 13.6. The molecule has 0 radical (unpaired) electrons. The quantitative estimate of drug-likeness (QED) is 0.169. The number of nitrogens with one attached hydrogen (secondary N) is 2. The first-order chi connectivity index (χ1) is 19.4. The molecule has 0 saturated carbocycles. The summed E-state index contributed by atoms with van der Waals surface area (Å²) in [7, 11) is 0. The lowest BCUT2D eigenvalue weighted by Crippen LogP contribution is -2.53. The zero-order valence-electron chi connectivity index (χ0n) is 25.6. The van der Waals surface area contributed by atoms with Gasteiger partial charge in [-0.2, -0.15) is 0 Å². The van der Waals surface area contributed by atoms with Gasteiger partial charge in [-0.25, -0.2) is 4.79 Å². The molecule has 0 aromatic heterocycles. The number of hydrogen-bond donors (Lipinski definition) is 3. The first kappa shape index (κ1) is 35.5. The number of alkyl carbamates (subject to hydrolysis) is 1. The predicted molar refractivity (Wildman–Crippen MR) is 162 cm³/mol. The third-order valence-electron chi connectivity index (χ3n) is 6.50. The Hall–Kier alpha value is -3.54. The fraction of sp³-hybridized carbons (Fsp3) is 0.625. The van der Waals surface area contributed by atoms with Crippen molar-refractivity contribution in [2.24, 2.45) is 5.73 Å². The number of benzene rings is 1. The topological polar surface area (TPSA) is 131 Å². The number of ether oxygens (including phenoxy) is 1. The Morgan fingerprint density at radius 2 is 1.63 bits per heavy atom. The Labute approximate surface area is 246 Å². The number of terminal acetylenes is 1. The molecular formula is C32H50N4O5. The van der Waals surface area contributed by atoms with Gasteiger partial charge in [0.2, 0.25) is 17.7 Å². The molecule has 0 spiro atoms. The number of amides is 4. The molecule has 2 atom stereocenters. The molecular weight excluding hydrogens is 520 g/mol. The van der Waals surface area contributed by atoms with E-state index in [0.717, 1.165) is 44.9 Å². The van der Waals surface area contributed by atoms with Crippen LogP contribution in [0.1, 0.15) is 116 Å². The van der Waals surface area contributed by atoms with Gasteiger partial charge in [-0.1, -0.05) is 76.5 Å². The Morgan fingerprint density at radius 1 is 1.00 bits per heavy atom. The minimum absolute atomic E-state index is 0.0403. The van der Waals surface area contributed by atoms with E-state index in [1.807, 2.05) is 6.92 Å². The van der Waals surface area contributed by atoms with Crippen molar-refractivity contribution in [3.05, 3.63) is 35.4 Å².